The van der Waals surface area contributed by atoms with Crippen LogP contribution in [0, 0.1) is 25.1 Å². The van der Waals surface area contributed by atoms with Crippen LogP contribution in [0.4, 0.5) is 4.39 Å². The molecule has 1 amide bonds. The van der Waals surface area contributed by atoms with Crippen LogP contribution < -0.4 is 0 Å². The van der Waals surface area contributed by atoms with Crippen LogP contribution in [0.15, 0.2) is 30.5 Å². The molecule has 2 aromatic rings. The fourth-order valence-electron chi connectivity index (χ4n) is 4.84. The summed E-state index contributed by atoms with van der Waals surface area (Å²) in [7, 11) is 0. The second-order valence-corrected chi connectivity index (χ2v) is 8.48. The van der Waals surface area contributed by atoms with Gasteiger partial charge in [-0.1, -0.05) is 0 Å². The Hall–Kier alpha value is -2.89. The Balaban J connectivity index is 1.62. The normalized spacial score (nSPS) is 18.8. The molecule has 1 spiro atoms. The van der Waals surface area contributed by atoms with Crippen LogP contribution in [0.3, 0.4) is 0 Å². The number of Topliss-reactive ketones (excluding diaryl/α,β-unsaturated/α-hetero) is 2. The minimum atomic E-state index is -0.748. The van der Waals surface area contributed by atoms with Gasteiger partial charge in [-0.25, -0.2) is 4.39 Å². The van der Waals surface area contributed by atoms with Crippen molar-refractivity contribution >= 4 is 17.5 Å². The Labute approximate surface area is 168 Å². The van der Waals surface area contributed by atoms with Crippen LogP contribution in [-0.4, -0.2) is 40.4 Å². The van der Waals surface area contributed by atoms with Gasteiger partial charge in [-0.05, 0) is 54.8 Å². The molecule has 2 heterocycles. The van der Waals surface area contributed by atoms with E-state index < -0.39 is 11.7 Å². The molecule has 150 valence electrons. The summed E-state index contributed by atoms with van der Waals surface area (Å²) in [6, 6.07) is 6.77. The van der Waals surface area contributed by atoms with E-state index in [4.69, 9.17) is 0 Å². The standard InChI is InChI=1S/C23H23FN2O3/c1-13-6-16(18-5-4-17(24)10-25-18)7-14(2)21(13)22-19(28)8-23(9-20(22)29)11-26(12-23)15(3)27/h4-7,10,22H,8-9,11-12H2,1-3H3. The summed E-state index contributed by atoms with van der Waals surface area (Å²) in [5, 5.41) is 0. The lowest BCUT2D eigenvalue weighted by Crippen LogP contribution is -2.61. The molecule has 1 aliphatic carbocycles. The van der Waals surface area contributed by atoms with Gasteiger partial charge in [-0.2, -0.15) is 0 Å². The van der Waals surface area contributed by atoms with Crippen LogP contribution in [-0.2, 0) is 14.4 Å². The molecule has 2 aliphatic rings. The number of rotatable bonds is 2. The minimum Gasteiger partial charge on any atom is -0.342 e. The number of carbonyl (C=O) groups excluding carboxylic acids is 3. The van der Waals surface area contributed by atoms with E-state index in [2.05, 4.69) is 4.98 Å². The number of hydrogen-bond donors (Lipinski definition) is 0. The number of halogens is 1. The van der Waals surface area contributed by atoms with Gasteiger partial charge in [0.05, 0.1) is 11.9 Å². The smallest absolute Gasteiger partial charge is 0.219 e. The van der Waals surface area contributed by atoms with Crippen molar-refractivity contribution in [3.05, 3.63) is 53.0 Å². The number of carbonyl (C=O) groups is 3. The minimum absolute atomic E-state index is 0.0191. The molecule has 1 saturated carbocycles. The molecule has 0 bridgehead atoms. The van der Waals surface area contributed by atoms with E-state index in [1.54, 1.807) is 11.0 Å². The number of aryl methyl sites for hydroxylation is 2. The fourth-order valence-corrected chi connectivity index (χ4v) is 4.84. The number of nitrogens with zero attached hydrogens (tertiary/aromatic N) is 2. The van der Waals surface area contributed by atoms with Gasteiger partial charge in [-0.3, -0.25) is 19.4 Å². The first kappa shape index (κ1) is 19.4. The third-order valence-corrected chi connectivity index (χ3v) is 6.15. The van der Waals surface area contributed by atoms with Crippen LogP contribution in [0.2, 0.25) is 0 Å². The SMILES string of the molecule is CC(=O)N1CC2(CC(=O)C(c3c(C)cc(-c4ccc(F)cn4)cc3C)C(=O)C2)C1. The first-order chi connectivity index (χ1) is 13.7. The number of pyridine rings is 1. The van der Waals surface area contributed by atoms with Crippen molar-refractivity contribution in [3.8, 4) is 11.3 Å². The number of benzene rings is 1. The first-order valence-corrected chi connectivity index (χ1v) is 9.73. The maximum Gasteiger partial charge on any atom is 0.219 e. The van der Waals surface area contributed by atoms with Crippen molar-refractivity contribution in [2.75, 3.05) is 13.1 Å². The van der Waals surface area contributed by atoms with Gasteiger partial charge in [0.25, 0.3) is 0 Å². The summed E-state index contributed by atoms with van der Waals surface area (Å²) in [6.07, 6.45) is 1.82. The molecule has 5 nitrogen and oxygen atoms in total. The molecular weight excluding hydrogens is 371 g/mol. The van der Waals surface area contributed by atoms with E-state index in [0.717, 1.165) is 22.3 Å². The van der Waals surface area contributed by atoms with Crippen LogP contribution in [0.25, 0.3) is 11.3 Å². The Morgan fingerprint density at radius 1 is 1.10 bits per heavy atom. The molecule has 4 rings (SSSR count). The zero-order chi connectivity index (χ0) is 20.9. The lowest BCUT2D eigenvalue weighted by molar-refractivity contribution is -0.153. The van der Waals surface area contributed by atoms with Gasteiger partial charge in [0.2, 0.25) is 5.91 Å². The number of aromatic nitrogens is 1. The molecule has 0 unspecified atom stereocenters. The number of ketones is 2. The molecule has 1 aliphatic heterocycles. The molecular formula is C23H23FN2O3. The van der Waals surface area contributed by atoms with Gasteiger partial charge < -0.3 is 4.90 Å². The van der Waals surface area contributed by atoms with Crippen molar-refractivity contribution in [1.29, 1.82) is 0 Å². The lowest BCUT2D eigenvalue weighted by Gasteiger charge is -2.52. The molecule has 0 N–H and O–H groups in total. The van der Waals surface area contributed by atoms with Crippen molar-refractivity contribution in [2.45, 2.75) is 39.5 Å². The number of amides is 1. The first-order valence-electron chi connectivity index (χ1n) is 9.73. The predicted octanol–water partition coefficient (Wildman–Crippen LogP) is 3.37. The highest BCUT2D eigenvalue weighted by Crippen LogP contribution is 2.46. The third kappa shape index (κ3) is 3.37. The maximum absolute atomic E-state index is 13.2. The maximum atomic E-state index is 13.2. The average molecular weight is 394 g/mol. The molecule has 1 aromatic heterocycles. The summed E-state index contributed by atoms with van der Waals surface area (Å²) in [4.78, 5) is 43.3. The topological polar surface area (TPSA) is 67.3 Å². The molecule has 0 radical (unpaired) electrons. The van der Waals surface area contributed by atoms with Gasteiger partial charge >= 0.3 is 0 Å². The summed E-state index contributed by atoms with van der Waals surface area (Å²) >= 11 is 0. The second-order valence-electron chi connectivity index (χ2n) is 8.48. The largest absolute Gasteiger partial charge is 0.342 e. The lowest BCUT2D eigenvalue weighted by atomic mass is 9.63. The second kappa shape index (κ2) is 6.87. The number of hydrogen-bond acceptors (Lipinski definition) is 4. The van der Waals surface area contributed by atoms with E-state index in [1.165, 1.54) is 19.2 Å². The highest BCUT2D eigenvalue weighted by molar-refractivity contribution is 6.11. The Bertz CT molecular complexity index is 980. The van der Waals surface area contributed by atoms with Crippen molar-refractivity contribution < 1.29 is 18.8 Å². The van der Waals surface area contributed by atoms with Crippen LogP contribution in [0.5, 0.6) is 0 Å². The molecule has 2 fully saturated rings. The molecule has 1 saturated heterocycles. The van der Waals surface area contributed by atoms with E-state index in [-0.39, 0.29) is 22.9 Å². The Kier molecular flexibility index (Phi) is 4.60. The summed E-state index contributed by atoms with van der Waals surface area (Å²) in [6.45, 7) is 6.26. The van der Waals surface area contributed by atoms with Crippen molar-refractivity contribution in [1.82, 2.24) is 9.88 Å². The Morgan fingerprint density at radius 3 is 2.17 bits per heavy atom. The molecule has 6 heteroatoms. The van der Waals surface area contributed by atoms with Gasteiger partial charge in [0, 0.05) is 43.8 Å². The van der Waals surface area contributed by atoms with Crippen molar-refractivity contribution in [3.63, 3.8) is 0 Å². The van der Waals surface area contributed by atoms with E-state index in [9.17, 15) is 18.8 Å². The van der Waals surface area contributed by atoms with Gasteiger partial charge in [-0.15, -0.1) is 0 Å². The van der Waals surface area contributed by atoms with E-state index >= 15 is 0 Å². The predicted molar refractivity (Wildman–Crippen MR) is 106 cm³/mol. The van der Waals surface area contributed by atoms with Crippen molar-refractivity contribution in [2.24, 2.45) is 5.41 Å². The van der Waals surface area contributed by atoms with Gasteiger partial charge in [0.15, 0.2) is 0 Å². The van der Waals surface area contributed by atoms with Crippen LogP contribution in [0.1, 0.15) is 42.4 Å². The molecule has 29 heavy (non-hydrogen) atoms. The monoisotopic (exact) mass is 394 g/mol. The number of likely N-dealkylation sites (tertiary alicyclic amines) is 1. The summed E-state index contributed by atoms with van der Waals surface area (Å²) in [5.74, 6) is -1.30. The zero-order valence-electron chi connectivity index (χ0n) is 16.8. The fraction of sp³-hybridized carbons (Fsp3) is 0.391. The van der Waals surface area contributed by atoms with E-state index in [0.29, 0.717) is 31.6 Å². The average Bonchev–Trinajstić information content (AvgIpc) is 2.61. The highest BCUT2D eigenvalue weighted by Gasteiger charge is 2.53. The van der Waals surface area contributed by atoms with E-state index in [1.807, 2.05) is 26.0 Å². The third-order valence-electron chi connectivity index (χ3n) is 6.15. The molecule has 1 aromatic carbocycles. The summed E-state index contributed by atoms with van der Waals surface area (Å²) in [5.41, 5.74) is 3.56. The molecule has 0 atom stereocenters. The summed E-state index contributed by atoms with van der Waals surface area (Å²) < 4.78 is 13.2. The van der Waals surface area contributed by atoms with Crippen LogP contribution >= 0.6 is 0 Å². The quantitative estimate of drug-likeness (QED) is 0.733. The van der Waals surface area contributed by atoms with Gasteiger partial charge in [0.1, 0.15) is 23.3 Å². The highest BCUT2D eigenvalue weighted by atomic mass is 19.1. The Morgan fingerprint density at radius 2 is 1.69 bits per heavy atom. The zero-order valence-corrected chi connectivity index (χ0v) is 16.8.